The fraction of sp³-hybridized carbons (Fsp3) is 0.722. The Labute approximate surface area is 149 Å². The fourth-order valence-electron chi connectivity index (χ4n) is 3.84. The van der Waals surface area contributed by atoms with E-state index in [0.29, 0.717) is 13.0 Å². The number of aryl methyl sites for hydroxylation is 1. The second kappa shape index (κ2) is 8.36. The molecule has 0 aliphatic carbocycles. The predicted octanol–water partition coefficient (Wildman–Crippen LogP) is 1.77. The van der Waals surface area contributed by atoms with Gasteiger partial charge in [-0.05, 0) is 39.0 Å². The van der Waals surface area contributed by atoms with Gasteiger partial charge < -0.3 is 19.7 Å². The van der Waals surface area contributed by atoms with Crippen molar-refractivity contribution in [2.24, 2.45) is 0 Å². The van der Waals surface area contributed by atoms with Crippen LogP contribution < -0.4 is 5.32 Å². The summed E-state index contributed by atoms with van der Waals surface area (Å²) in [6.45, 7) is 5.77. The van der Waals surface area contributed by atoms with Crippen molar-refractivity contribution in [1.82, 2.24) is 24.7 Å². The first-order chi connectivity index (χ1) is 12.1. The summed E-state index contributed by atoms with van der Waals surface area (Å²) >= 11 is 0. The number of hydrogen-bond acceptors (Lipinski definition) is 3. The van der Waals surface area contributed by atoms with Gasteiger partial charge in [-0.3, -0.25) is 4.79 Å². The molecule has 2 aliphatic heterocycles. The predicted molar refractivity (Wildman–Crippen MR) is 95.1 cm³/mol. The molecule has 138 valence electrons. The van der Waals surface area contributed by atoms with Gasteiger partial charge in [0.2, 0.25) is 5.91 Å². The summed E-state index contributed by atoms with van der Waals surface area (Å²) < 4.78 is 2.03. The van der Waals surface area contributed by atoms with E-state index >= 15 is 0 Å². The summed E-state index contributed by atoms with van der Waals surface area (Å²) in [5.41, 5.74) is 0. The molecule has 0 aromatic carbocycles. The average molecular weight is 347 g/mol. The minimum absolute atomic E-state index is 0.0233. The molecule has 3 heterocycles. The highest BCUT2D eigenvalue weighted by Gasteiger charge is 2.28. The van der Waals surface area contributed by atoms with Crippen LogP contribution in [0.2, 0.25) is 0 Å². The maximum Gasteiger partial charge on any atom is 0.317 e. The van der Waals surface area contributed by atoms with Gasteiger partial charge in [0.05, 0.1) is 0 Å². The number of carbonyl (C=O) groups is 2. The number of likely N-dealkylation sites (tertiary alicyclic amines) is 2. The largest absolute Gasteiger partial charge is 0.343 e. The number of nitrogens with zero attached hydrogens (tertiary/aromatic N) is 4. The Bertz CT molecular complexity index is 600. The molecule has 7 nitrogen and oxygen atoms in total. The van der Waals surface area contributed by atoms with Crippen LogP contribution in [0, 0.1) is 6.92 Å². The van der Waals surface area contributed by atoms with Gasteiger partial charge in [-0.25, -0.2) is 9.78 Å². The van der Waals surface area contributed by atoms with E-state index in [1.165, 1.54) is 0 Å². The molecule has 1 N–H and O–H groups in total. The molecule has 0 saturated carbocycles. The number of urea groups is 1. The molecule has 3 amide bonds. The number of amides is 3. The first kappa shape index (κ1) is 17.8. The Balaban J connectivity index is 1.46. The van der Waals surface area contributed by atoms with Gasteiger partial charge in [-0.2, -0.15) is 0 Å². The number of aromatic nitrogens is 2. The zero-order chi connectivity index (χ0) is 17.6. The van der Waals surface area contributed by atoms with Crippen molar-refractivity contribution in [2.45, 2.75) is 58.0 Å². The lowest BCUT2D eigenvalue weighted by atomic mass is 9.99. The Morgan fingerprint density at radius 1 is 1.28 bits per heavy atom. The number of rotatable bonds is 6. The highest BCUT2D eigenvalue weighted by Crippen LogP contribution is 2.21. The van der Waals surface area contributed by atoms with Gasteiger partial charge in [0.1, 0.15) is 5.82 Å². The standard InChI is InChI=1S/C18H29N5O2/c1-15-19-8-13-21(15)14-9-20-18(25)23-11-3-2-5-16(23)7-12-22-10-4-6-17(22)24/h8,13,16H,2-7,9-12,14H2,1H3,(H,20,25)/t16-/m1/s1. The first-order valence-corrected chi connectivity index (χ1v) is 9.45. The van der Waals surface area contributed by atoms with Crippen molar-refractivity contribution in [3.05, 3.63) is 18.2 Å². The Morgan fingerprint density at radius 2 is 2.16 bits per heavy atom. The highest BCUT2D eigenvalue weighted by molar-refractivity contribution is 5.78. The maximum atomic E-state index is 12.6. The minimum Gasteiger partial charge on any atom is -0.343 e. The molecule has 1 aromatic rings. The van der Waals surface area contributed by atoms with Crippen molar-refractivity contribution >= 4 is 11.9 Å². The minimum atomic E-state index is 0.0233. The molecule has 1 aromatic heterocycles. The lowest BCUT2D eigenvalue weighted by molar-refractivity contribution is -0.127. The van der Waals surface area contributed by atoms with Crippen molar-refractivity contribution in [2.75, 3.05) is 26.2 Å². The lowest BCUT2D eigenvalue weighted by Gasteiger charge is -2.36. The first-order valence-electron chi connectivity index (χ1n) is 9.45. The number of piperidine rings is 1. The normalized spacial score (nSPS) is 21.0. The van der Waals surface area contributed by atoms with Crippen LogP contribution in [0.3, 0.4) is 0 Å². The molecule has 25 heavy (non-hydrogen) atoms. The van der Waals surface area contributed by atoms with E-state index in [2.05, 4.69) is 10.3 Å². The van der Waals surface area contributed by atoms with Crippen LogP contribution >= 0.6 is 0 Å². The molecular formula is C18H29N5O2. The molecule has 0 bridgehead atoms. The van der Waals surface area contributed by atoms with E-state index in [-0.39, 0.29) is 18.0 Å². The molecule has 2 fully saturated rings. The molecule has 2 aliphatic rings. The third-order valence-electron chi connectivity index (χ3n) is 5.34. The average Bonchev–Trinajstić information content (AvgIpc) is 3.21. The smallest absolute Gasteiger partial charge is 0.317 e. The Morgan fingerprint density at radius 3 is 2.88 bits per heavy atom. The third-order valence-corrected chi connectivity index (χ3v) is 5.34. The third kappa shape index (κ3) is 4.52. The monoisotopic (exact) mass is 347 g/mol. The topological polar surface area (TPSA) is 70.5 Å². The van der Waals surface area contributed by atoms with Gasteiger partial charge in [0.15, 0.2) is 0 Å². The zero-order valence-electron chi connectivity index (χ0n) is 15.1. The van der Waals surface area contributed by atoms with Gasteiger partial charge >= 0.3 is 6.03 Å². The Hall–Kier alpha value is -2.05. The van der Waals surface area contributed by atoms with E-state index < -0.39 is 0 Å². The summed E-state index contributed by atoms with van der Waals surface area (Å²) in [6, 6.07) is 0.271. The van der Waals surface area contributed by atoms with Crippen molar-refractivity contribution < 1.29 is 9.59 Å². The number of carbonyl (C=O) groups excluding carboxylic acids is 2. The van der Waals surface area contributed by atoms with E-state index in [4.69, 9.17) is 0 Å². The summed E-state index contributed by atoms with van der Waals surface area (Å²) in [6.07, 6.45) is 9.51. The maximum absolute atomic E-state index is 12.6. The van der Waals surface area contributed by atoms with Crippen LogP contribution in [0.15, 0.2) is 12.4 Å². The van der Waals surface area contributed by atoms with Gasteiger partial charge in [0, 0.05) is 57.6 Å². The van der Waals surface area contributed by atoms with Gasteiger partial charge in [-0.1, -0.05) is 0 Å². The van der Waals surface area contributed by atoms with Crippen LogP contribution in [0.1, 0.15) is 44.3 Å². The van der Waals surface area contributed by atoms with Crippen molar-refractivity contribution in [3.63, 3.8) is 0 Å². The van der Waals surface area contributed by atoms with Gasteiger partial charge in [0.25, 0.3) is 0 Å². The van der Waals surface area contributed by atoms with Crippen LogP contribution in [-0.2, 0) is 11.3 Å². The summed E-state index contributed by atoms with van der Waals surface area (Å²) in [4.78, 5) is 32.5. The second-order valence-electron chi connectivity index (χ2n) is 7.02. The molecule has 2 saturated heterocycles. The molecule has 3 rings (SSSR count). The van der Waals surface area contributed by atoms with Crippen LogP contribution in [0.25, 0.3) is 0 Å². The zero-order valence-corrected chi connectivity index (χ0v) is 15.1. The summed E-state index contributed by atoms with van der Waals surface area (Å²) in [5, 5.41) is 3.04. The van der Waals surface area contributed by atoms with Gasteiger partial charge in [-0.15, -0.1) is 0 Å². The van der Waals surface area contributed by atoms with Crippen LogP contribution in [-0.4, -0.2) is 63.5 Å². The molecule has 0 unspecified atom stereocenters. The molecule has 0 spiro atoms. The van der Waals surface area contributed by atoms with Crippen molar-refractivity contribution in [1.29, 1.82) is 0 Å². The fourth-order valence-corrected chi connectivity index (χ4v) is 3.84. The molecule has 1 atom stereocenters. The summed E-state index contributed by atoms with van der Waals surface area (Å²) in [5.74, 6) is 1.22. The van der Waals surface area contributed by atoms with E-state index in [9.17, 15) is 9.59 Å². The number of nitrogens with one attached hydrogen (secondary N) is 1. The number of imidazole rings is 1. The highest BCUT2D eigenvalue weighted by atomic mass is 16.2. The quantitative estimate of drug-likeness (QED) is 0.852. The van der Waals surface area contributed by atoms with Crippen LogP contribution in [0.4, 0.5) is 4.79 Å². The van der Waals surface area contributed by atoms with E-state index in [1.54, 1.807) is 6.20 Å². The van der Waals surface area contributed by atoms with Crippen LogP contribution in [0.5, 0.6) is 0 Å². The van der Waals surface area contributed by atoms with E-state index in [0.717, 1.165) is 64.1 Å². The molecule has 0 radical (unpaired) electrons. The second-order valence-corrected chi connectivity index (χ2v) is 7.02. The number of hydrogen-bond donors (Lipinski definition) is 1. The SMILES string of the molecule is Cc1nccn1CCNC(=O)N1CCCC[C@@H]1CCN1CCCC1=O. The lowest BCUT2D eigenvalue weighted by Crippen LogP contribution is -2.50. The van der Waals surface area contributed by atoms with E-state index in [1.807, 2.05) is 27.5 Å². The molecule has 7 heteroatoms. The Kier molecular flexibility index (Phi) is 5.94. The molecular weight excluding hydrogens is 318 g/mol. The van der Waals surface area contributed by atoms with Crippen molar-refractivity contribution in [3.8, 4) is 0 Å². The summed E-state index contributed by atoms with van der Waals surface area (Å²) in [7, 11) is 0.